The minimum Gasteiger partial charge on any atom is -0.295 e. The Labute approximate surface area is 119 Å². The summed E-state index contributed by atoms with van der Waals surface area (Å²) in [5.41, 5.74) is 1.01. The van der Waals surface area contributed by atoms with Crippen LogP contribution in [0.1, 0.15) is 5.69 Å². The van der Waals surface area contributed by atoms with Crippen molar-refractivity contribution < 1.29 is 8.42 Å². The molecule has 0 radical (unpaired) electrons. The van der Waals surface area contributed by atoms with Crippen LogP contribution in [-0.2, 0) is 16.6 Å². The Kier molecular flexibility index (Phi) is 5.15. The molecule has 2 heterocycles. The summed E-state index contributed by atoms with van der Waals surface area (Å²) in [5.74, 6) is 0.172. The first-order valence-electron chi connectivity index (χ1n) is 6.28. The molecule has 106 valence electrons. The van der Waals surface area contributed by atoms with Crippen LogP contribution in [0.15, 0.2) is 24.4 Å². The van der Waals surface area contributed by atoms with Crippen LogP contribution in [0.4, 0.5) is 0 Å². The zero-order valence-corrected chi connectivity index (χ0v) is 12.3. The predicted octanol–water partition coefficient (Wildman–Crippen LogP) is 0.768. The van der Waals surface area contributed by atoms with Crippen LogP contribution in [0.3, 0.4) is 0 Å². The average molecular weight is 304 g/mol. The molecule has 7 heteroatoms. The van der Waals surface area contributed by atoms with E-state index >= 15 is 0 Å². The second-order valence-corrected chi connectivity index (χ2v) is 6.97. The Bertz CT molecular complexity index is 487. The number of hydrogen-bond acceptors (Lipinski definition) is 4. The molecule has 0 unspecified atom stereocenters. The van der Waals surface area contributed by atoms with Crippen molar-refractivity contribution in [1.29, 1.82) is 0 Å². The molecule has 0 saturated carbocycles. The number of pyridine rings is 1. The predicted molar refractivity (Wildman–Crippen MR) is 75.6 cm³/mol. The second-order valence-electron chi connectivity index (χ2n) is 4.50. The topological polar surface area (TPSA) is 53.5 Å². The summed E-state index contributed by atoms with van der Waals surface area (Å²) < 4.78 is 25.3. The fraction of sp³-hybridized carbons (Fsp3) is 0.583. The minimum atomic E-state index is -3.17. The van der Waals surface area contributed by atoms with E-state index in [1.165, 1.54) is 4.31 Å². The number of alkyl halides is 1. The molecule has 0 amide bonds. The summed E-state index contributed by atoms with van der Waals surface area (Å²) in [6.07, 6.45) is 1.77. The normalized spacial score (nSPS) is 18.6. The Morgan fingerprint density at radius 1 is 1.21 bits per heavy atom. The molecule has 1 aliphatic rings. The maximum atomic E-state index is 11.9. The summed E-state index contributed by atoms with van der Waals surface area (Å²) in [6, 6.07) is 5.83. The number of aromatic nitrogens is 1. The highest BCUT2D eigenvalue weighted by atomic mass is 35.5. The van der Waals surface area contributed by atoms with Gasteiger partial charge >= 0.3 is 0 Å². The third-order valence-corrected chi connectivity index (χ3v) is 5.46. The highest BCUT2D eigenvalue weighted by Crippen LogP contribution is 2.10. The minimum absolute atomic E-state index is 0.0226. The molecule has 0 aliphatic carbocycles. The molecule has 1 aromatic heterocycles. The summed E-state index contributed by atoms with van der Waals surface area (Å²) in [5, 5.41) is 0. The number of halogens is 1. The molecule has 0 atom stereocenters. The van der Waals surface area contributed by atoms with Gasteiger partial charge in [0, 0.05) is 44.8 Å². The number of nitrogens with zero attached hydrogens (tertiary/aromatic N) is 3. The average Bonchev–Trinajstić information content (AvgIpc) is 2.40. The molecule has 1 saturated heterocycles. The summed E-state index contributed by atoms with van der Waals surface area (Å²) >= 11 is 5.52. The first-order chi connectivity index (χ1) is 9.12. The third kappa shape index (κ3) is 4.14. The summed E-state index contributed by atoms with van der Waals surface area (Å²) in [4.78, 5) is 6.50. The van der Waals surface area contributed by atoms with Gasteiger partial charge in [-0.1, -0.05) is 6.07 Å². The van der Waals surface area contributed by atoms with Gasteiger partial charge in [-0.2, -0.15) is 4.31 Å². The molecular formula is C12H18ClN3O2S. The largest absolute Gasteiger partial charge is 0.295 e. The standard InChI is InChI=1S/C12H18ClN3O2S/c13-4-10-19(17,18)16-8-6-15(7-9-16)11-12-3-1-2-5-14-12/h1-3,5H,4,6-11H2. The van der Waals surface area contributed by atoms with Gasteiger partial charge in [-0.3, -0.25) is 9.88 Å². The van der Waals surface area contributed by atoms with Crippen LogP contribution in [0.25, 0.3) is 0 Å². The van der Waals surface area contributed by atoms with Crippen LogP contribution in [0.2, 0.25) is 0 Å². The first kappa shape index (κ1) is 14.7. The van der Waals surface area contributed by atoms with Gasteiger partial charge < -0.3 is 0 Å². The fourth-order valence-electron chi connectivity index (χ4n) is 2.11. The lowest BCUT2D eigenvalue weighted by atomic mass is 10.3. The van der Waals surface area contributed by atoms with Crippen molar-refractivity contribution in [2.24, 2.45) is 0 Å². The highest BCUT2D eigenvalue weighted by molar-refractivity contribution is 7.89. The van der Waals surface area contributed by atoms with Gasteiger partial charge in [0.1, 0.15) is 0 Å². The van der Waals surface area contributed by atoms with Crippen molar-refractivity contribution in [3.63, 3.8) is 0 Å². The monoisotopic (exact) mass is 303 g/mol. The van der Waals surface area contributed by atoms with Gasteiger partial charge in [-0.05, 0) is 12.1 Å². The quantitative estimate of drug-likeness (QED) is 0.754. The highest BCUT2D eigenvalue weighted by Gasteiger charge is 2.26. The zero-order valence-electron chi connectivity index (χ0n) is 10.7. The molecule has 1 fully saturated rings. The van der Waals surface area contributed by atoms with Gasteiger partial charge in [-0.25, -0.2) is 8.42 Å². The molecule has 0 aromatic carbocycles. The summed E-state index contributed by atoms with van der Waals surface area (Å²) in [6.45, 7) is 3.30. The van der Waals surface area contributed by atoms with E-state index in [0.29, 0.717) is 13.1 Å². The van der Waals surface area contributed by atoms with E-state index in [2.05, 4.69) is 9.88 Å². The lowest BCUT2D eigenvalue weighted by molar-refractivity contribution is 0.180. The lowest BCUT2D eigenvalue weighted by Gasteiger charge is -2.33. The Morgan fingerprint density at radius 2 is 1.95 bits per heavy atom. The van der Waals surface area contributed by atoms with Crippen molar-refractivity contribution in [3.8, 4) is 0 Å². The van der Waals surface area contributed by atoms with Crippen molar-refractivity contribution in [3.05, 3.63) is 30.1 Å². The molecule has 1 aromatic rings. The van der Waals surface area contributed by atoms with Crippen molar-refractivity contribution >= 4 is 21.6 Å². The van der Waals surface area contributed by atoms with E-state index in [9.17, 15) is 8.42 Å². The molecule has 5 nitrogen and oxygen atoms in total. The van der Waals surface area contributed by atoms with Crippen LogP contribution >= 0.6 is 11.6 Å². The van der Waals surface area contributed by atoms with Crippen LogP contribution in [0, 0.1) is 0 Å². The van der Waals surface area contributed by atoms with Gasteiger partial charge in [0.15, 0.2) is 0 Å². The molecule has 0 N–H and O–H groups in total. The molecule has 2 rings (SSSR count). The molecular weight excluding hydrogens is 286 g/mol. The molecule has 0 spiro atoms. The molecule has 0 bridgehead atoms. The van der Waals surface area contributed by atoms with Gasteiger partial charge in [-0.15, -0.1) is 11.6 Å². The Morgan fingerprint density at radius 3 is 2.53 bits per heavy atom. The van der Waals surface area contributed by atoms with Crippen LogP contribution in [0.5, 0.6) is 0 Å². The Balaban J connectivity index is 1.86. The van der Waals surface area contributed by atoms with E-state index < -0.39 is 10.0 Å². The first-order valence-corrected chi connectivity index (χ1v) is 8.42. The number of sulfonamides is 1. The van der Waals surface area contributed by atoms with Crippen molar-refractivity contribution in [1.82, 2.24) is 14.2 Å². The molecule has 1 aliphatic heterocycles. The molecule has 19 heavy (non-hydrogen) atoms. The van der Waals surface area contributed by atoms with E-state index in [0.717, 1.165) is 25.3 Å². The fourth-order valence-corrected chi connectivity index (χ4v) is 3.87. The second kappa shape index (κ2) is 6.65. The van der Waals surface area contributed by atoms with E-state index in [1.807, 2.05) is 18.2 Å². The number of hydrogen-bond donors (Lipinski definition) is 0. The van der Waals surface area contributed by atoms with Crippen LogP contribution < -0.4 is 0 Å². The maximum absolute atomic E-state index is 11.9. The van der Waals surface area contributed by atoms with E-state index in [-0.39, 0.29) is 11.6 Å². The Hall–Kier alpha value is -0.690. The maximum Gasteiger partial charge on any atom is 0.215 e. The lowest BCUT2D eigenvalue weighted by Crippen LogP contribution is -2.49. The van der Waals surface area contributed by atoms with Gasteiger partial charge in [0.2, 0.25) is 10.0 Å². The van der Waals surface area contributed by atoms with Crippen molar-refractivity contribution in [2.45, 2.75) is 6.54 Å². The third-order valence-electron chi connectivity index (χ3n) is 3.17. The van der Waals surface area contributed by atoms with E-state index in [4.69, 9.17) is 11.6 Å². The zero-order chi connectivity index (χ0) is 13.7. The van der Waals surface area contributed by atoms with Gasteiger partial charge in [0.25, 0.3) is 0 Å². The van der Waals surface area contributed by atoms with E-state index in [1.54, 1.807) is 6.20 Å². The number of rotatable bonds is 5. The van der Waals surface area contributed by atoms with Gasteiger partial charge in [0.05, 0.1) is 11.4 Å². The SMILES string of the molecule is O=S(=O)(CCCl)N1CCN(Cc2ccccn2)CC1. The smallest absolute Gasteiger partial charge is 0.215 e. The van der Waals surface area contributed by atoms with Crippen LogP contribution in [-0.4, -0.2) is 60.4 Å². The summed E-state index contributed by atoms with van der Waals surface area (Å²) in [7, 11) is -3.17. The number of piperazine rings is 1. The van der Waals surface area contributed by atoms with Crippen molar-refractivity contribution in [2.75, 3.05) is 37.8 Å².